The topological polar surface area (TPSA) is 131 Å². The number of amides is 1. The predicted octanol–water partition coefficient (Wildman–Crippen LogP) is 5.16. The molecule has 2 aromatic carbocycles. The van der Waals surface area contributed by atoms with Gasteiger partial charge in [0.1, 0.15) is 5.58 Å². The van der Waals surface area contributed by atoms with E-state index in [-0.39, 0.29) is 17.3 Å². The summed E-state index contributed by atoms with van der Waals surface area (Å²) in [5, 5.41) is 12.1. The highest BCUT2D eigenvalue weighted by Gasteiger charge is 2.46. The summed E-state index contributed by atoms with van der Waals surface area (Å²) in [7, 11) is 3.01. The second-order valence-electron chi connectivity index (χ2n) is 8.53. The Balaban J connectivity index is 1.49. The number of imidazole rings is 1. The normalized spacial score (nSPS) is 15.6. The van der Waals surface area contributed by atoms with Crippen LogP contribution in [0.2, 0.25) is 5.02 Å². The minimum absolute atomic E-state index is 0.0496. The fourth-order valence-corrected chi connectivity index (χ4v) is 4.79. The molecule has 38 heavy (non-hydrogen) atoms. The Kier molecular flexibility index (Phi) is 5.54. The van der Waals surface area contributed by atoms with Crippen molar-refractivity contribution in [3.8, 4) is 11.5 Å². The number of pyridine rings is 1. The summed E-state index contributed by atoms with van der Waals surface area (Å²) in [4.78, 5) is 40.2. The Morgan fingerprint density at radius 1 is 1.13 bits per heavy atom. The third kappa shape index (κ3) is 3.65. The van der Waals surface area contributed by atoms with Crippen LogP contribution in [-0.2, 0) is 4.79 Å². The van der Waals surface area contributed by atoms with E-state index in [1.807, 2.05) is 0 Å². The van der Waals surface area contributed by atoms with Gasteiger partial charge in [-0.15, -0.1) is 0 Å². The number of aliphatic hydroxyl groups excluding tert-OH is 1. The number of H-pyrrole nitrogens is 1. The van der Waals surface area contributed by atoms with Gasteiger partial charge in [0.2, 0.25) is 11.7 Å². The maximum Gasteiger partial charge on any atom is 0.296 e. The van der Waals surface area contributed by atoms with Crippen molar-refractivity contribution in [3.63, 3.8) is 0 Å². The van der Waals surface area contributed by atoms with Gasteiger partial charge in [0.05, 0.1) is 36.9 Å². The minimum atomic E-state index is -1.04. The van der Waals surface area contributed by atoms with Crippen molar-refractivity contribution in [2.24, 2.45) is 0 Å². The summed E-state index contributed by atoms with van der Waals surface area (Å²) in [6.07, 6.45) is 3.09. The number of aromatic amines is 1. The molecule has 6 rings (SSSR count). The molecular weight excluding hydrogens is 512 g/mol. The van der Waals surface area contributed by atoms with Gasteiger partial charge in [-0.05, 0) is 35.9 Å². The summed E-state index contributed by atoms with van der Waals surface area (Å²) < 4.78 is 16.5. The van der Waals surface area contributed by atoms with Crippen molar-refractivity contribution in [2.75, 3.05) is 19.1 Å². The summed E-state index contributed by atoms with van der Waals surface area (Å²) >= 11 is 6.08. The third-order valence-corrected chi connectivity index (χ3v) is 6.59. The first-order valence-corrected chi connectivity index (χ1v) is 11.8. The molecule has 0 fully saturated rings. The molecule has 1 aliphatic rings. The lowest BCUT2D eigenvalue weighted by molar-refractivity contribution is -0.117. The van der Waals surface area contributed by atoms with Crippen LogP contribution in [0.25, 0.3) is 22.0 Å². The quantitative estimate of drug-likeness (QED) is 0.288. The van der Waals surface area contributed by atoms with Crippen LogP contribution >= 0.6 is 11.6 Å². The van der Waals surface area contributed by atoms with Crippen LogP contribution in [0.1, 0.15) is 22.2 Å². The number of nitrogens with zero attached hydrogens (tertiary/aromatic N) is 3. The number of fused-ring (bicyclic) bond motifs is 2. The Labute approximate surface area is 220 Å². The van der Waals surface area contributed by atoms with E-state index in [4.69, 9.17) is 25.5 Å². The molecule has 0 saturated heterocycles. The molecule has 1 atom stereocenters. The molecular formula is C27H19ClN4O6. The number of aromatic nitrogens is 3. The smallest absolute Gasteiger partial charge is 0.296 e. The number of carbonyl (C=O) groups excluding carboxylic acids is 2. The van der Waals surface area contributed by atoms with Crippen LogP contribution in [0.15, 0.2) is 76.7 Å². The third-order valence-electron chi connectivity index (χ3n) is 6.36. The highest BCUT2D eigenvalue weighted by Crippen LogP contribution is 2.42. The van der Waals surface area contributed by atoms with Gasteiger partial charge in [0.25, 0.3) is 5.91 Å². The first-order valence-electron chi connectivity index (χ1n) is 11.4. The van der Waals surface area contributed by atoms with E-state index < -0.39 is 23.5 Å². The highest BCUT2D eigenvalue weighted by molar-refractivity contribution is 6.31. The van der Waals surface area contributed by atoms with Gasteiger partial charge in [-0.25, -0.2) is 4.98 Å². The Morgan fingerprint density at radius 3 is 2.66 bits per heavy atom. The van der Waals surface area contributed by atoms with Gasteiger partial charge in [-0.2, -0.15) is 0 Å². The molecule has 11 heteroatoms. The molecule has 190 valence electrons. The number of hydrogen-bond donors (Lipinski definition) is 2. The van der Waals surface area contributed by atoms with E-state index in [1.54, 1.807) is 48.7 Å². The predicted molar refractivity (Wildman–Crippen MR) is 139 cm³/mol. The average Bonchev–Trinajstić information content (AvgIpc) is 3.61. The lowest BCUT2D eigenvalue weighted by Crippen LogP contribution is -2.32. The Bertz CT molecular complexity index is 1730. The number of carbonyl (C=O) groups is 2. The van der Waals surface area contributed by atoms with Gasteiger partial charge < -0.3 is 24.0 Å². The zero-order valence-corrected chi connectivity index (χ0v) is 20.8. The van der Waals surface area contributed by atoms with E-state index in [0.717, 1.165) is 0 Å². The highest BCUT2D eigenvalue weighted by atomic mass is 35.5. The number of aliphatic hydroxyl groups is 1. The van der Waals surface area contributed by atoms with E-state index in [9.17, 15) is 14.7 Å². The number of anilines is 1. The lowest BCUT2D eigenvalue weighted by Gasteiger charge is -2.23. The second kappa shape index (κ2) is 8.93. The molecule has 3 aromatic heterocycles. The summed E-state index contributed by atoms with van der Waals surface area (Å²) in [6, 6.07) is 12.2. The summed E-state index contributed by atoms with van der Waals surface area (Å²) in [5.74, 6) is -1.19. The van der Waals surface area contributed by atoms with Crippen LogP contribution in [-0.4, -0.2) is 46.0 Å². The number of rotatable bonds is 6. The molecule has 0 radical (unpaired) electrons. The van der Waals surface area contributed by atoms with Crippen molar-refractivity contribution >= 4 is 51.2 Å². The van der Waals surface area contributed by atoms with Crippen molar-refractivity contribution in [3.05, 3.63) is 88.6 Å². The van der Waals surface area contributed by atoms with Gasteiger partial charge >= 0.3 is 0 Å². The first kappa shape index (κ1) is 23.6. The van der Waals surface area contributed by atoms with Crippen molar-refractivity contribution < 1.29 is 28.6 Å². The molecule has 4 heterocycles. The Hall–Kier alpha value is -4.83. The second-order valence-corrected chi connectivity index (χ2v) is 8.97. The van der Waals surface area contributed by atoms with E-state index in [0.29, 0.717) is 44.1 Å². The molecule has 1 aliphatic heterocycles. The number of Topliss-reactive ketones (excluding diaryl/α,β-unsaturated/α-hetero) is 1. The number of nitrogens with one attached hydrogen (secondary N) is 1. The number of furan rings is 1. The van der Waals surface area contributed by atoms with E-state index >= 15 is 0 Å². The van der Waals surface area contributed by atoms with Crippen molar-refractivity contribution in [2.45, 2.75) is 6.04 Å². The zero-order chi connectivity index (χ0) is 26.6. The van der Waals surface area contributed by atoms with Gasteiger partial charge in [-0.3, -0.25) is 19.5 Å². The SMILES string of the molecule is COc1cc2nc(N3C(=O)C(O)=C(C(=O)c4cc5cc(Cl)ccc5o4)C3c3cccnc3)[nH]c2cc1OC. The van der Waals surface area contributed by atoms with Gasteiger partial charge in [0, 0.05) is 34.9 Å². The maximum absolute atomic E-state index is 13.7. The van der Waals surface area contributed by atoms with Crippen LogP contribution in [0.3, 0.4) is 0 Å². The van der Waals surface area contributed by atoms with Crippen molar-refractivity contribution in [1.82, 2.24) is 15.0 Å². The fraction of sp³-hybridized carbons (Fsp3) is 0.111. The number of methoxy groups -OCH3 is 2. The largest absolute Gasteiger partial charge is 0.503 e. The summed E-state index contributed by atoms with van der Waals surface area (Å²) in [6.45, 7) is 0. The van der Waals surface area contributed by atoms with Crippen molar-refractivity contribution in [1.29, 1.82) is 0 Å². The molecule has 0 spiro atoms. The number of benzene rings is 2. The van der Waals surface area contributed by atoms with Crippen LogP contribution < -0.4 is 14.4 Å². The van der Waals surface area contributed by atoms with E-state index in [2.05, 4.69) is 15.0 Å². The summed E-state index contributed by atoms with van der Waals surface area (Å²) in [5.41, 5.74) is 1.82. The molecule has 2 N–H and O–H groups in total. The standard InChI is InChI=1S/C27H19ClN4O6/c1-36-19-10-16-17(11-20(19)37-2)31-27(30-16)32-23(13-4-3-7-29-12-13)22(25(34)26(32)35)24(33)21-9-14-8-15(28)5-6-18(14)38-21/h3-12,23,34H,1-2H3,(H,30,31). The molecule has 1 amide bonds. The van der Waals surface area contributed by atoms with Gasteiger partial charge in [0.15, 0.2) is 23.0 Å². The monoisotopic (exact) mass is 530 g/mol. The molecule has 10 nitrogen and oxygen atoms in total. The average molecular weight is 531 g/mol. The number of ether oxygens (including phenoxy) is 2. The molecule has 0 aliphatic carbocycles. The van der Waals surface area contributed by atoms with Crippen LogP contribution in [0, 0.1) is 0 Å². The Morgan fingerprint density at radius 2 is 1.92 bits per heavy atom. The maximum atomic E-state index is 13.7. The minimum Gasteiger partial charge on any atom is -0.503 e. The first-order chi connectivity index (χ1) is 18.4. The van der Waals surface area contributed by atoms with Gasteiger partial charge in [-0.1, -0.05) is 17.7 Å². The van der Waals surface area contributed by atoms with E-state index in [1.165, 1.54) is 31.4 Å². The lowest BCUT2D eigenvalue weighted by atomic mass is 9.96. The zero-order valence-electron chi connectivity index (χ0n) is 20.1. The molecule has 0 saturated carbocycles. The number of ketones is 1. The number of halogens is 1. The molecule has 1 unspecified atom stereocenters. The molecule has 5 aromatic rings. The molecule has 0 bridgehead atoms. The van der Waals surface area contributed by atoms with Crippen LogP contribution in [0.5, 0.6) is 11.5 Å². The van der Waals surface area contributed by atoms with Crippen LogP contribution in [0.4, 0.5) is 5.95 Å². The number of hydrogen-bond acceptors (Lipinski definition) is 8. The fourth-order valence-electron chi connectivity index (χ4n) is 4.61.